The number of nitrogens with one attached hydrogen (secondary N) is 1. The van der Waals surface area contributed by atoms with Gasteiger partial charge in [0.2, 0.25) is 0 Å². The van der Waals surface area contributed by atoms with Gasteiger partial charge in [0.1, 0.15) is 11.5 Å². The zero-order chi connectivity index (χ0) is 17.4. The molecule has 0 saturated heterocycles. The quantitative estimate of drug-likeness (QED) is 0.839. The third-order valence-corrected chi connectivity index (χ3v) is 5.12. The number of nitrogens with zero attached hydrogens (tertiary/aromatic N) is 3. The Hall–Kier alpha value is -2.24. The first-order valence-corrected chi connectivity index (χ1v) is 9.23. The lowest BCUT2D eigenvalue weighted by atomic mass is 10.3. The topological polar surface area (TPSA) is 63.3 Å². The molecule has 134 valence electrons. The van der Waals surface area contributed by atoms with Crippen molar-refractivity contribution in [3.63, 3.8) is 0 Å². The van der Waals surface area contributed by atoms with Crippen molar-refractivity contribution in [2.45, 2.75) is 64.2 Å². The number of carbonyl (C=O) groups is 1. The minimum atomic E-state index is -0.0140. The molecule has 6 nitrogen and oxygen atoms in total. The van der Waals surface area contributed by atoms with Crippen LogP contribution in [-0.2, 0) is 13.1 Å². The second-order valence-corrected chi connectivity index (χ2v) is 7.56. The van der Waals surface area contributed by atoms with Gasteiger partial charge >= 0.3 is 6.03 Å². The molecule has 6 heteroatoms. The fourth-order valence-electron chi connectivity index (χ4n) is 3.35. The molecule has 2 fully saturated rings. The SMILES string of the molecule is CC(Cn1cccn1)NC(=O)N(Cc1ccc(C2CC2C)o1)C1CC1. The first kappa shape index (κ1) is 16.2. The summed E-state index contributed by atoms with van der Waals surface area (Å²) < 4.78 is 7.83. The van der Waals surface area contributed by atoms with Gasteiger partial charge in [-0.15, -0.1) is 0 Å². The molecule has 2 aromatic rings. The molecule has 0 bridgehead atoms. The van der Waals surface area contributed by atoms with Gasteiger partial charge in [0.25, 0.3) is 0 Å². The molecule has 2 aromatic heterocycles. The highest BCUT2D eigenvalue weighted by Crippen LogP contribution is 2.47. The van der Waals surface area contributed by atoms with E-state index in [1.807, 2.05) is 34.8 Å². The predicted molar refractivity (Wildman–Crippen MR) is 94.0 cm³/mol. The Labute approximate surface area is 148 Å². The molecule has 2 heterocycles. The van der Waals surface area contributed by atoms with Crippen LogP contribution in [0, 0.1) is 5.92 Å². The molecule has 4 rings (SSSR count). The molecule has 2 amide bonds. The molecular formula is C19H26N4O2. The van der Waals surface area contributed by atoms with Crippen LogP contribution in [0.3, 0.4) is 0 Å². The molecule has 25 heavy (non-hydrogen) atoms. The van der Waals surface area contributed by atoms with Crippen LogP contribution in [0.15, 0.2) is 35.0 Å². The maximum atomic E-state index is 12.7. The van der Waals surface area contributed by atoms with E-state index < -0.39 is 0 Å². The summed E-state index contributed by atoms with van der Waals surface area (Å²) in [5, 5.41) is 7.28. The summed E-state index contributed by atoms with van der Waals surface area (Å²) in [5.74, 6) is 3.26. The molecule has 0 radical (unpaired) electrons. The Morgan fingerprint density at radius 3 is 2.92 bits per heavy atom. The van der Waals surface area contributed by atoms with Crippen molar-refractivity contribution in [2.75, 3.05) is 0 Å². The average Bonchev–Trinajstić information content (AvgIpc) is 3.43. The molecule has 3 unspecified atom stereocenters. The summed E-state index contributed by atoms with van der Waals surface area (Å²) in [6.45, 7) is 5.47. The van der Waals surface area contributed by atoms with Crippen molar-refractivity contribution in [1.82, 2.24) is 20.0 Å². The summed E-state index contributed by atoms with van der Waals surface area (Å²) >= 11 is 0. The van der Waals surface area contributed by atoms with Crippen LogP contribution >= 0.6 is 0 Å². The van der Waals surface area contributed by atoms with Gasteiger partial charge in [-0.3, -0.25) is 4.68 Å². The van der Waals surface area contributed by atoms with Gasteiger partial charge in [-0.25, -0.2) is 4.79 Å². The zero-order valence-corrected chi connectivity index (χ0v) is 14.9. The Bertz CT molecular complexity index is 720. The number of amides is 2. The number of hydrogen-bond donors (Lipinski definition) is 1. The van der Waals surface area contributed by atoms with E-state index in [1.54, 1.807) is 6.20 Å². The summed E-state index contributed by atoms with van der Waals surface area (Å²) in [6.07, 6.45) is 7.03. The van der Waals surface area contributed by atoms with Gasteiger partial charge in [-0.2, -0.15) is 5.10 Å². The Balaban J connectivity index is 1.35. The molecule has 2 aliphatic carbocycles. The molecule has 3 atom stereocenters. The Kier molecular flexibility index (Phi) is 4.27. The average molecular weight is 342 g/mol. The molecule has 2 aliphatic rings. The Morgan fingerprint density at radius 1 is 1.48 bits per heavy atom. The van der Waals surface area contributed by atoms with Crippen LogP contribution in [0.5, 0.6) is 0 Å². The van der Waals surface area contributed by atoms with Gasteiger partial charge in [-0.1, -0.05) is 6.92 Å². The molecular weight excluding hydrogens is 316 g/mol. The van der Waals surface area contributed by atoms with Gasteiger partial charge < -0.3 is 14.6 Å². The fraction of sp³-hybridized carbons (Fsp3) is 0.579. The standard InChI is InChI=1S/C19H26N4O2/c1-13-10-17(13)18-7-6-16(25-18)12-23(15-4-5-15)19(24)21-14(2)11-22-9-3-8-20-22/h3,6-9,13-15,17H,4-5,10-12H2,1-2H3,(H,21,24). The largest absolute Gasteiger partial charge is 0.464 e. The van der Waals surface area contributed by atoms with Gasteiger partial charge in [-0.05, 0) is 50.3 Å². The van der Waals surface area contributed by atoms with Crippen molar-refractivity contribution in [3.8, 4) is 0 Å². The van der Waals surface area contributed by atoms with E-state index in [0.29, 0.717) is 25.0 Å². The zero-order valence-electron chi connectivity index (χ0n) is 14.9. The summed E-state index contributed by atoms with van der Waals surface area (Å²) in [6, 6.07) is 6.34. The first-order valence-electron chi connectivity index (χ1n) is 9.23. The van der Waals surface area contributed by atoms with E-state index in [0.717, 1.165) is 30.3 Å². The third-order valence-electron chi connectivity index (χ3n) is 5.12. The van der Waals surface area contributed by atoms with E-state index >= 15 is 0 Å². The molecule has 1 N–H and O–H groups in total. The lowest BCUT2D eigenvalue weighted by molar-refractivity contribution is 0.182. The van der Waals surface area contributed by atoms with Crippen molar-refractivity contribution >= 4 is 6.03 Å². The van der Waals surface area contributed by atoms with Crippen LogP contribution in [0.4, 0.5) is 4.79 Å². The predicted octanol–water partition coefficient (Wildman–Crippen LogP) is 3.36. The molecule has 0 aromatic carbocycles. The highest BCUT2D eigenvalue weighted by molar-refractivity contribution is 5.75. The van der Waals surface area contributed by atoms with Gasteiger partial charge in [0.05, 0.1) is 13.1 Å². The molecule has 0 spiro atoms. The van der Waals surface area contributed by atoms with Gasteiger partial charge in [0.15, 0.2) is 0 Å². The highest BCUT2D eigenvalue weighted by atomic mass is 16.3. The number of urea groups is 1. The number of hydrogen-bond acceptors (Lipinski definition) is 3. The smallest absolute Gasteiger partial charge is 0.318 e. The fourth-order valence-corrected chi connectivity index (χ4v) is 3.35. The van der Waals surface area contributed by atoms with Gasteiger partial charge in [0, 0.05) is 30.4 Å². The molecule has 2 saturated carbocycles. The molecule has 0 aliphatic heterocycles. The maximum absolute atomic E-state index is 12.7. The maximum Gasteiger partial charge on any atom is 0.318 e. The highest BCUT2D eigenvalue weighted by Gasteiger charge is 2.37. The van der Waals surface area contributed by atoms with Crippen molar-refractivity contribution < 1.29 is 9.21 Å². The number of furan rings is 1. The van der Waals surface area contributed by atoms with Crippen LogP contribution in [0.1, 0.15) is 50.5 Å². The van der Waals surface area contributed by atoms with Crippen LogP contribution in [0.2, 0.25) is 0 Å². The lowest BCUT2D eigenvalue weighted by Gasteiger charge is -2.24. The Morgan fingerprint density at radius 2 is 2.28 bits per heavy atom. The van der Waals surface area contributed by atoms with E-state index in [-0.39, 0.29) is 12.1 Å². The third kappa shape index (κ3) is 3.89. The number of rotatable bonds is 7. The van der Waals surface area contributed by atoms with E-state index in [2.05, 4.69) is 23.4 Å². The summed E-state index contributed by atoms with van der Waals surface area (Å²) in [7, 11) is 0. The minimum Gasteiger partial charge on any atom is -0.464 e. The van der Waals surface area contributed by atoms with E-state index in [9.17, 15) is 4.79 Å². The summed E-state index contributed by atoms with van der Waals surface area (Å²) in [4.78, 5) is 14.6. The second kappa shape index (κ2) is 6.58. The van der Waals surface area contributed by atoms with Crippen LogP contribution in [0.25, 0.3) is 0 Å². The first-order chi connectivity index (χ1) is 12.1. The minimum absolute atomic E-state index is 0.0140. The van der Waals surface area contributed by atoms with Crippen molar-refractivity contribution in [3.05, 3.63) is 42.1 Å². The number of aromatic nitrogens is 2. The van der Waals surface area contributed by atoms with Crippen molar-refractivity contribution in [1.29, 1.82) is 0 Å². The van der Waals surface area contributed by atoms with Crippen LogP contribution in [-0.4, -0.2) is 32.8 Å². The van der Waals surface area contributed by atoms with E-state index in [1.165, 1.54) is 6.42 Å². The van der Waals surface area contributed by atoms with E-state index in [4.69, 9.17) is 4.42 Å². The normalized spacial score (nSPS) is 23.3. The van der Waals surface area contributed by atoms with Crippen LogP contribution < -0.4 is 5.32 Å². The van der Waals surface area contributed by atoms with Crippen molar-refractivity contribution in [2.24, 2.45) is 5.92 Å². The summed E-state index contributed by atoms with van der Waals surface area (Å²) in [5.41, 5.74) is 0. The lowest BCUT2D eigenvalue weighted by Crippen LogP contribution is -2.45. The number of carbonyl (C=O) groups excluding carboxylic acids is 1. The monoisotopic (exact) mass is 342 g/mol. The second-order valence-electron chi connectivity index (χ2n) is 7.56.